The lowest BCUT2D eigenvalue weighted by atomic mass is 10.0. The Hall–Kier alpha value is -4.35. The average molecular weight is 624 g/mol. The van der Waals surface area contributed by atoms with Gasteiger partial charge in [-0.05, 0) is 43.3 Å². The van der Waals surface area contributed by atoms with Gasteiger partial charge in [-0.2, -0.15) is 5.26 Å². The molecule has 0 aliphatic rings. The summed E-state index contributed by atoms with van der Waals surface area (Å²) in [6, 6.07) is 11.3. The predicted molar refractivity (Wildman–Crippen MR) is 159 cm³/mol. The number of aromatic nitrogens is 3. The second-order valence-corrected chi connectivity index (χ2v) is 12.8. The Morgan fingerprint density at radius 3 is 2.64 bits per heavy atom. The van der Waals surface area contributed by atoms with E-state index in [-0.39, 0.29) is 45.9 Å². The second kappa shape index (κ2) is 11.1. The van der Waals surface area contributed by atoms with Crippen molar-refractivity contribution in [2.24, 2.45) is 0 Å². The number of rotatable bonds is 8. The molecule has 0 saturated heterocycles. The topological polar surface area (TPSA) is 155 Å². The minimum absolute atomic E-state index is 0.00763. The van der Waals surface area contributed by atoms with Crippen LogP contribution < -0.4 is 10.3 Å². The predicted octanol–water partition coefficient (Wildman–Crippen LogP) is 4.53. The molecule has 5 rings (SSSR count). The highest BCUT2D eigenvalue weighted by Gasteiger charge is 2.25. The van der Waals surface area contributed by atoms with Crippen LogP contribution in [0.15, 0.2) is 57.7 Å². The fourth-order valence-electron chi connectivity index (χ4n) is 4.55. The van der Waals surface area contributed by atoms with Gasteiger partial charge in [0.2, 0.25) is 10.0 Å². The van der Waals surface area contributed by atoms with Crippen LogP contribution in [-0.2, 0) is 16.6 Å². The van der Waals surface area contributed by atoms with E-state index in [1.807, 2.05) is 6.07 Å². The van der Waals surface area contributed by atoms with Gasteiger partial charge in [-0.15, -0.1) is 11.3 Å². The van der Waals surface area contributed by atoms with Crippen molar-refractivity contribution in [3.05, 3.63) is 80.3 Å². The van der Waals surface area contributed by atoms with Gasteiger partial charge in [0.25, 0.3) is 5.56 Å². The van der Waals surface area contributed by atoms with Crippen molar-refractivity contribution in [3.8, 4) is 22.9 Å². The van der Waals surface area contributed by atoms with Crippen molar-refractivity contribution in [2.75, 3.05) is 20.7 Å². The molecule has 1 N–H and O–H groups in total. The number of hydrogen-bond acceptors (Lipinski definition) is 9. The molecule has 0 aliphatic heterocycles. The lowest BCUT2D eigenvalue weighted by molar-refractivity contribution is 0.0699. The first-order valence-electron chi connectivity index (χ1n) is 12.3. The zero-order chi connectivity index (χ0) is 30.3. The van der Waals surface area contributed by atoms with Crippen LogP contribution in [-0.4, -0.2) is 59.0 Å². The number of carboxylic acids is 1. The molecule has 0 bridgehead atoms. The van der Waals surface area contributed by atoms with E-state index < -0.39 is 21.6 Å². The third kappa shape index (κ3) is 4.99. The Bertz CT molecular complexity index is 2120. The Balaban J connectivity index is 1.52. The molecule has 0 unspecified atom stereocenters. The van der Waals surface area contributed by atoms with E-state index in [2.05, 4.69) is 9.97 Å². The zero-order valence-electron chi connectivity index (χ0n) is 22.5. The summed E-state index contributed by atoms with van der Waals surface area (Å²) in [5, 5.41) is 21.1. The van der Waals surface area contributed by atoms with Crippen LogP contribution in [0, 0.1) is 18.3 Å². The number of thiophene rings is 1. The molecule has 214 valence electrons. The van der Waals surface area contributed by atoms with Crippen LogP contribution in [0.3, 0.4) is 0 Å². The minimum atomic E-state index is -3.94. The summed E-state index contributed by atoms with van der Waals surface area (Å²) in [6.45, 7) is 1.63. The molecule has 3 heterocycles. The lowest BCUT2D eigenvalue weighted by Crippen LogP contribution is -2.29. The molecule has 0 saturated carbocycles. The standard InChI is InChI=1S/C28H22ClN5O6S2/c1-15-32-25-22(42(38,39)33(2)3)7-4-16(13-30)23(25)27(35)34(15)10-11-40-21-6-5-17(29)12-19(21)18-8-9-31-24-20(28(36)37)14-41-26(18)24/h4-9,12,14H,10-11H2,1-3H3,(H,36,37). The zero-order valence-corrected chi connectivity index (χ0v) is 24.8. The number of hydrogen-bond donors (Lipinski definition) is 1. The quantitative estimate of drug-likeness (QED) is 0.262. The molecule has 0 fully saturated rings. The van der Waals surface area contributed by atoms with E-state index in [4.69, 9.17) is 16.3 Å². The van der Waals surface area contributed by atoms with Gasteiger partial charge in [-0.25, -0.2) is 22.5 Å². The van der Waals surface area contributed by atoms with Gasteiger partial charge in [0.1, 0.15) is 29.1 Å². The number of aryl methyl sites for hydroxylation is 1. The molecule has 3 aromatic heterocycles. The van der Waals surface area contributed by atoms with Crippen molar-refractivity contribution in [3.63, 3.8) is 0 Å². The summed E-state index contributed by atoms with van der Waals surface area (Å²) in [7, 11) is -1.20. The number of benzene rings is 2. The number of pyridine rings is 1. The lowest BCUT2D eigenvalue weighted by Gasteiger charge is -2.17. The molecule has 42 heavy (non-hydrogen) atoms. The number of nitrogens with zero attached hydrogens (tertiary/aromatic N) is 5. The highest BCUT2D eigenvalue weighted by atomic mass is 35.5. The minimum Gasteiger partial charge on any atom is -0.491 e. The van der Waals surface area contributed by atoms with Gasteiger partial charge in [-0.3, -0.25) is 14.3 Å². The third-order valence-corrected chi connectivity index (χ3v) is 9.72. The number of carboxylic acid groups (broad SMARTS) is 1. The van der Waals surface area contributed by atoms with E-state index in [9.17, 15) is 28.4 Å². The van der Waals surface area contributed by atoms with Gasteiger partial charge < -0.3 is 9.84 Å². The van der Waals surface area contributed by atoms with Gasteiger partial charge >= 0.3 is 5.97 Å². The van der Waals surface area contributed by atoms with Crippen LogP contribution in [0.2, 0.25) is 5.02 Å². The molecule has 2 aromatic carbocycles. The highest BCUT2D eigenvalue weighted by Crippen LogP contribution is 2.39. The fraction of sp³-hybridized carbons (Fsp3) is 0.179. The molecule has 0 amide bonds. The summed E-state index contributed by atoms with van der Waals surface area (Å²) in [5.41, 5.74) is 1.11. The van der Waals surface area contributed by atoms with Gasteiger partial charge in [-0.1, -0.05) is 11.6 Å². The summed E-state index contributed by atoms with van der Waals surface area (Å²) >= 11 is 7.55. The van der Waals surface area contributed by atoms with Crippen molar-refractivity contribution in [1.82, 2.24) is 18.8 Å². The van der Waals surface area contributed by atoms with Crippen molar-refractivity contribution >= 4 is 60.0 Å². The van der Waals surface area contributed by atoms with Crippen LogP contribution >= 0.6 is 22.9 Å². The maximum Gasteiger partial charge on any atom is 0.338 e. The maximum absolute atomic E-state index is 13.6. The highest BCUT2D eigenvalue weighted by molar-refractivity contribution is 7.89. The molecule has 11 nitrogen and oxygen atoms in total. The number of nitriles is 1. The second-order valence-electron chi connectivity index (χ2n) is 9.33. The number of ether oxygens (including phenoxy) is 1. The van der Waals surface area contributed by atoms with Crippen molar-refractivity contribution in [2.45, 2.75) is 18.4 Å². The number of fused-ring (bicyclic) bond motifs is 2. The number of carbonyl (C=O) groups is 1. The monoisotopic (exact) mass is 623 g/mol. The average Bonchev–Trinajstić information content (AvgIpc) is 3.39. The molecular formula is C28H22ClN5O6S2. The molecule has 14 heteroatoms. The molecule has 0 atom stereocenters. The SMILES string of the molecule is Cc1nc2c(S(=O)(=O)N(C)C)ccc(C#N)c2c(=O)n1CCOc1ccc(Cl)cc1-c1ccnc2c(C(=O)O)csc12. The molecule has 5 aromatic rings. The summed E-state index contributed by atoms with van der Waals surface area (Å²) in [5.74, 6) is -0.397. The van der Waals surface area contributed by atoms with Gasteiger partial charge in [0.05, 0.1) is 38.8 Å². The van der Waals surface area contributed by atoms with E-state index in [0.717, 1.165) is 4.31 Å². The molecule has 0 radical (unpaired) electrons. The summed E-state index contributed by atoms with van der Waals surface area (Å²) in [4.78, 5) is 33.7. The van der Waals surface area contributed by atoms with Gasteiger partial charge in [0.15, 0.2) is 0 Å². The molecule has 0 spiro atoms. The Morgan fingerprint density at radius 1 is 1.19 bits per heavy atom. The number of halogens is 1. The first-order valence-corrected chi connectivity index (χ1v) is 15.0. The van der Waals surface area contributed by atoms with Crippen LogP contribution in [0.25, 0.3) is 32.2 Å². The van der Waals surface area contributed by atoms with E-state index in [0.29, 0.717) is 32.1 Å². The third-order valence-electron chi connectivity index (χ3n) is 6.63. The Kier molecular flexibility index (Phi) is 7.74. The Morgan fingerprint density at radius 2 is 1.95 bits per heavy atom. The van der Waals surface area contributed by atoms with Crippen LogP contribution in [0.5, 0.6) is 5.75 Å². The van der Waals surface area contributed by atoms with E-state index >= 15 is 0 Å². The fourth-order valence-corrected chi connectivity index (χ4v) is 6.77. The normalized spacial score (nSPS) is 11.7. The smallest absolute Gasteiger partial charge is 0.338 e. The van der Waals surface area contributed by atoms with Crippen LogP contribution in [0.4, 0.5) is 0 Å². The van der Waals surface area contributed by atoms with Crippen molar-refractivity contribution in [1.29, 1.82) is 5.26 Å². The van der Waals surface area contributed by atoms with E-state index in [1.165, 1.54) is 53.7 Å². The Labute approximate surface area is 248 Å². The first kappa shape index (κ1) is 29.2. The van der Waals surface area contributed by atoms with Gasteiger partial charge in [0, 0.05) is 41.8 Å². The summed E-state index contributed by atoms with van der Waals surface area (Å²) in [6.07, 6.45) is 1.52. The first-order chi connectivity index (χ1) is 19.9. The van der Waals surface area contributed by atoms with Crippen molar-refractivity contribution < 1.29 is 23.1 Å². The maximum atomic E-state index is 13.6. The number of aromatic carboxylic acids is 1. The molecule has 0 aliphatic carbocycles. The summed E-state index contributed by atoms with van der Waals surface area (Å²) < 4.78 is 34.9. The number of sulfonamides is 1. The largest absolute Gasteiger partial charge is 0.491 e. The van der Waals surface area contributed by atoms with Crippen LogP contribution in [0.1, 0.15) is 21.7 Å². The molecular weight excluding hydrogens is 602 g/mol. The van der Waals surface area contributed by atoms with E-state index in [1.54, 1.807) is 31.2 Å².